The monoisotopic (exact) mass is 257 g/mol. The standard InChI is InChI=1S/C11H12ClNO4/c1-2-17-10(15)6-13-11(16)8-5-7(14)3-4-9(8)12/h3-5,14H,2,6H2,1H3,(H,13,16). The maximum absolute atomic E-state index is 11.6. The first kappa shape index (κ1) is 13.3. The van der Waals surface area contributed by atoms with Gasteiger partial charge in [-0.3, -0.25) is 9.59 Å². The molecule has 0 saturated carbocycles. The molecule has 2 N–H and O–H groups in total. The van der Waals surface area contributed by atoms with Crippen LogP contribution < -0.4 is 5.32 Å². The quantitative estimate of drug-likeness (QED) is 0.798. The fourth-order valence-electron chi connectivity index (χ4n) is 1.15. The number of carbonyl (C=O) groups is 2. The molecule has 0 saturated heterocycles. The van der Waals surface area contributed by atoms with Crippen molar-refractivity contribution in [2.75, 3.05) is 13.2 Å². The third kappa shape index (κ3) is 3.96. The molecule has 1 aromatic rings. The minimum Gasteiger partial charge on any atom is -0.508 e. The largest absolute Gasteiger partial charge is 0.508 e. The lowest BCUT2D eigenvalue weighted by Gasteiger charge is -2.06. The van der Waals surface area contributed by atoms with Crippen molar-refractivity contribution in [3.8, 4) is 5.75 Å². The summed E-state index contributed by atoms with van der Waals surface area (Å²) in [6, 6.07) is 3.99. The zero-order chi connectivity index (χ0) is 12.8. The molecule has 0 aromatic heterocycles. The number of benzene rings is 1. The normalized spacial score (nSPS) is 9.76. The molecule has 6 heteroatoms. The number of phenolic OH excluding ortho intramolecular Hbond substituents is 1. The van der Waals surface area contributed by atoms with Gasteiger partial charge in [-0.25, -0.2) is 0 Å². The van der Waals surface area contributed by atoms with Gasteiger partial charge >= 0.3 is 5.97 Å². The van der Waals surface area contributed by atoms with Crippen molar-refractivity contribution in [1.82, 2.24) is 5.32 Å². The van der Waals surface area contributed by atoms with E-state index in [9.17, 15) is 14.7 Å². The smallest absolute Gasteiger partial charge is 0.325 e. The Kier molecular flexibility index (Phi) is 4.78. The maximum atomic E-state index is 11.6. The highest BCUT2D eigenvalue weighted by Gasteiger charge is 2.12. The minimum atomic E-state index is -0.543. The van der Waals surface area contributed by atoms with Crippen LogP contribution in [0.2, 0.25) is 5.02 Å². The lowest BCUT2D eigenvalue weighted by molar-refractivity contribution is -0.141. The van der Waals surface area contributed by atoms with Crippen LogP contribution in [0.3, 0.4) is 0 Å². The van der Waals surface area contributed by atoms with Crippen molar-refractivity contribution < 1.29 is 19.4 Å². The molecule has 1 aromatic carbocycles. The predicted octanol–water partition coefficient (Wildman–Crippen LogP) is 1.34. The minimum absolute atomic E-state index is 0.0734. The number of carbonyl (C=O) groups excluding carboxylic acids is 2. The molecule has 0 fully saturated rings. The molecule has 0 aliphatic carbocycles. The number of esters is 1. The van der Waals surface area contributed by atoms with E-state index in [1.54, 1.807) is 6.92 Å². The zero-order valence-corrected chi connectivity index (χ0v) is 9.95. The van der Waals surface area contributed by atoms with Crippen LogP contribution in [0, 0.1) is 0 Å². The van der Waals surface area contributed by atoms with Crippen molar-refractivity contribution in [3.63, 3.8) is 0 Å². The summed E-state index contributed by atoms with van der Waals surface area (Å²) in [4.78, 5) is 22.6. The van der Waals surface area contributed by atoms with Crippen molar-refractivity contribution in [2.45, 2.75) is 6.92 Å². The molecule has 0 spiro atoms. The number of hydrogen-bond donors (Lipinski definition) is 2. The summed E-state index contributed by atoms with van der Waals surface area (Å²) in [6.45, 7) is 1.69. The van der Waals surface area contributed by atoms with E-state index in [2.05, 4.69) is 10.1 Å². The number of phenols is 1. The second-order valence-corrected chi connectivity index (χ2v) is 3.56. The zero-order valence-electron chi connectivity index (χ0n) is 9.20. The van der Waals surface area contributed by atoms with Gasteiger partial charge in [-0.15, -0.1) is 0 Å². The topological polar surface area (TPSA) is 75.6 Å². The SMILES string of the molecule is CCOC(=O)CNC(=O)c1cc(O)ccc1Cl. The van der Waals surface area contributed by atoms with Gasteiger partial charge in [-0.2, -0.15) is 0 Å². The molecule has 0 aliphatic heterocycles. The predicted molar refractivity (Wildman–Crippen MR) is 62.1 cm³/mol. The number of rotatable bonds is 4. The first-order chi connectivity index (χ1) is 8.04. The summed E-state index contributed by atoms with van der Waals surface area (Å²) in [5.74, 6) is -1.15. The lowest BCUT2D eigenvalue weighted by Crippen LogP contribution is -2.30. The van der Waals surface area contributed by atoms with Crippen LogP contribution in [0.5, 0.6) is 5.75 Å². The summed E-state index contributed by atoms with van der Waals surface area (Å²) < 4.78 is 4.65. The Balaban J connectivity index is 2.64. The van der Waals surface area contributed by atoms with E-state index in [1.807, 2.05) is 0 Å². The van der Waals surface area contributed by atoms with E-state index in [0.717, 1.165) is 0 Å². The van der Waals surface area contributed by atoms with Crippen LogP contribution in [-0.2, 0) is 9.53 Å². The van der Waals surface area contributed by atoms with Gasteiger partial charge in [0.15, 0.2) is 0 Å². The molecule has 92 valence electrons. The molecular formula is C11H12ClNO4. The molecule has 17 heavy (non-hydrogen) atoms. The number of halogens is 1. The fourth-order valence-corrected chi connectivity index (χ4v) is 1.35. The second-order valence-electron chi connectivity index (χ2n) is 3.15. The number of hydrogen-bond acceptors (Lipinski definition) is 4. The van der Waals surface area contributed by atoms with Gasteiger partial charge in [0.05, 0.1) is 17.2 Å². The molecule has 5 nitrogen and oxygen atoms in total. The number of amides is 1. The Morgan fingerprint density at radius 1 is 1.47 bits per heavy atom. The first-order valence-corrected chi connectivity index (χ1v) is 5.34. The number of nitrogens with one attached hydrogen (secondary N) is 1. The summed E-state index contributed by atoms with van der Waals surface area (Å²) in [5.41, 5.74) is 0.107. The molecule has 0 aliphatic rings. The molecule has 1 amide bonds. The Morgan fingerprint density at radius 3 is 2.82 bits per heavy atom. The van der Waals surface area contributed by atoms with Crippen molar-refractivity contribution in [1.29, 1.82) is 0 Å². The van der Waals surface area contributed by atoms with Gasteiger partial charge in [0.1, 0.15) is 12.3 Å². The molecule has 0 heterocycles. The van der Waals surface area contributed by atoms with Gasteiger partial charge < -0.3 is 15.2 Å². The van der Waals surface area contributed by atoms with Gasteiger partial charge in [0.2, 0.25) is 0 Å². The Hall–Kier alpha value is -1.75. The third-order valence-corrected chi connectivity index (χ3v) is 2.22. The molecule has 0 atom stereocenters. The van der Waals surface area contributed by atoms with Crippen LogP contribution >= 0.6 is 11.6 Å². The first-order valence-electron chi connectivity index (χ1n) is 4.97. The van der Waals surface area contributed by atoms with Gasteiger partial charge in [-0.1, -0.05) is 11.6 Å². The summed E-state index contributed by atoms with van der Waals surface area (Å²) in [6.07, 6.45) is 0. The molecule has 1 rings (SSSR count). The van der Waals surface area contributed by atoms with E-state index < -0.39 is 11.9 Å². The van der Waals surface area contributed by atoms with E-state index in [1.165, 1.54) is 18.2 Å². The third-order valence-electron chi connectivity index (χ3n) is 1.89. The van der Waals surface area contributed by atoms with Crippen molar-refractivity contribution >= 4 is 23.5 Å². The molecule has 0 unspecified atom stereocenters. The van der Waals surface area contributed by atoms with Crippen LogP contribution in [0.25, 0.3) is 0 Å². The average molecular weight is 258 g/mol. The summed E-state index contributed by atoms with van der Waals surface area (Å²) >= 11 is 5.78. The van der Waals surface area contributed by atoms with Crippen molar-refractivity contribution in [3.05, 3.63) is 28.8 Å². The Labute approximate surface area is 103 Å². The van der Waals surface area contributed by atoms with Gasteiger partial charge in [0, 0.05) is 0 Å². The number of ether oxygens (including phenoxy) is 1. The summed E-state index contributed by atoms with van der Waals surface area (Å²) in [5, 5.41) is 11.8. The van der Waals surface area contributed by atoms with Gasteiger partial charge in [0.25, 0.3) is 5.91 Å². The van der Waals surface area contributed by atoms with Crippen LogP contribution in [0.15, 0.2) is 18.2 Å². The maximum Gasteiger partial charge on any atom is 0.325 e. The average Bonchev–Trinajstić information content (AvgIpc) is 2.29. The van der Waals surface area contributed by atoms with Crippen LogP contribution in [0.1, 0.15) is 17.3 Å². The van der Waals surface area contributed by atoms with E-state index in [0.29, 0.717) is 0 Å². The van der Waals surface area contributed by atoms with E-state index in [4.69, 9.17) is 11.6 Å². The second kappa shape index (κ2) is 6.10. The van der Waals surface area contributed by atoms with Crippen LogP contribution in [-0.4, -0.2) is 30.1 Å². The highest BCUT2D eigenvalue weighted by molar-refractivity contribution is 6.33. The molecule has 0 bridgehead atoms. The number of aromatic hydroxyl groups is 1. The molecular weight excluding hydrogens is 246 g/mol. The molecule has 0 radical (unpaired) electrons. The van der Waals surface area contributed by atoms with Gasteiger partial charge in [-0.05, 0) is 25.1 Å². The van der Waals surface area contributed by atoms with E-state index >= 15 is 0 Å². The van der Waals surface area contributed by atoms with Crippen molar-refractivity contribution in [2.24, 2.45) is 0 Å². The highest BCUT2D eigenvalue weighted by Crippen LogP contribution is 2.20. The van der Waals surface area contributed by atoms with Crippen LogP contribution in [0.4, 0.5) is 0 Å². The highest BCUT2D eigenvalue weighted by atomic mass is 35.5. The summed E-state index contributed by atoms with van der Waals surface area (Å²) in [7, 11) is 0. The lowest BCUT2D eigenvalue weighted by atomic mass is 10.2. The Morgan fingerprint density at radius 2 is 2.18 bits per heavy atom. The Bertz CT molecular complexity index is 433. The van der Waals surface area contributed by atoms with E-state index in [-0.39, 0.29) is 29.5 Å². The fraction of sp³-hybridized carbons (Fsp3) is 0.273.